The first-order valence-corrected chi connectivity index (χ1v) is 51.0. The number of aromatic nitrogens is 4. The van der Waals surface area contributed by atoms with Crippen molar-refractivity contribution in [1.82, 2.24) is 41.2 Å². The van der Waals surface area contributed by atoms with Gasteiger partial charge < -0.3 is 101 Å². The molecule has 4 atom stereocenters. The Bertz CT molecular complexity index is 5770. The van der Waals surface area contributed by atoms with Gasteiger partial charge in [-0.2, -0.15) is 0 Å². The van der Waals surface area contributed by atoms with Gasteiger partial charge in [0.2, 0.25) is 0 Å². The van der Waals surface area contributed by atoms with Gasteiger partial charge in [-0.25, -0.2) is 29.5 Å². The predicted octanol–water partition coefficient (Wildman–Crippen LogP) is 19.4. The number of ether oxygens (including phenoxy) is 2. The van der Waals surface area contributed by atoms with Crippen LogP contribution in [-0.4, -0.2) is 239 Å². The second-order valence-electron chi connectivity index (χ2n) is 28.5. The molecule has 0 saturated heterocycles. The quantitative estimate of drug-likeness (QED) is 0.0119. The number of carbonyl (C=O) groups is 1. The number of rotatable bonds is 29. The molecule has 0 aliphatic heterocycles. The number of aliphatic carboxylic acids is 1. The zero-order chi connectivity index (χ0) is 99.6. The molecule has 47 heteroatoms. The van der Waals surface area contributed by atoms with Crippen LogP contribution in [0, 0.1) is 13.8 Å². The summed E-state index contributed by atoms with van der Waals surface area (Å²) in [5.41, 5.74) is 12.3. The molecule has 0 aliphatic rings. The number of anilines is 2. The van der Waals surface area contributed by atoms with E-state index in [2.05, 4.69) is 228 Å². The number of likely N-dealkylation sites (N-methyl/N-ethyl adjacent to an activating group) is 4. The van der Waals surface area contributed by atoms with Crippen LogP contribution in [0.2, 0.25) is 0 Å². The summed E-state index contributed by atoms with van der Waals surface area (Å²) in [7, 11) is 16.0. The van der Waals surface area contributed by atoms with E-state index in [0.717, 1.165) is 139 Å². The molecule has 0 bridgehead atoms. The molecule has 12 rings (SSSR count). The van der Waals surface area contributed by atoms with E-state index < -0.39 is 42.4 Å². The second kappa shape index (κ2) is 70.8. The molecule has 0 fully saturated rings. The fourth-order valence-corrected chi connectivity index (χ4v) is 14.1. The van der Waals surface area contributed by atoms with E-state index in [4.69, 9.17) is 87.5 Å². The van der Waals surface area contributed by atoms with Crippen molar-refractivity contribution in [2.45, 2.75) is 130 Å². The molecule has 753 valence electrons. The minimum absolute atomic E-state index is 0. The number of halogens is 12. The average molecular weight is 2540 g/mol. The summed E-state index contributed by atoms with van der Waals surface area (Å²) < 4.78 is 54.8. The van der Waals surface area contributed by atoms with Crippen molar-refractivity contribution in [1.29, 1.82) is 0 Å². The van der Waals surface area contributed by atoms with Crippen LogP contribution in [0.1, 0.15) is 102 Å². The number of nitrogens with zero attached hydrogens (tertiary/aromatic N) is 6. The number of fused-ring (bicyclic) bond motifs is 6. The van der Waals surface area contributed by atoms with Gasteiger partial charge in [-0.3, -0.25) is 9.50 Å². The summed E-state index contributed by atoms with van der Waals surface area (Å²) in [6, 6.07) is 41.3. The van der Waals surface area contributed by atoms with Gasteiger partial charge in [0.25, 0.3) is 3.25 Å². The van der Waals surface area contributed by atoms with Crippen molar-refractivity contribution in [3.63, 3.8) is 0 Å². The number of carboxylic acids is 1. The van der Waals surface area contributed by atoms with Gasteiger partial charge in [0.1, 0.15) is 66.7 Å². The van der Waals surface area contributed by atoms with E-state index in [-0.39, 0.29) is 88.1 Å². The molecule has 28 nitrogen and oxygen atoms in total. The number of hydrogen-bond donors (Lipinski definition) is 9. The fraction of sp³-hybridized carbons (Fsp3) is 0.389. The van der Waals surface area contributed by atoms with Crippen LogP contribution in [-0.2, 0) is 76.4 Å². The maximum absolute atomic E-state index is 13.2. The predicted molar refractivity (Wildman–Crippen MR) is 595 cm³/mol. The minimum atomic E-state index is -1.61. The molecular weight excluding hydrogens is 2410 g/mol. The van der Waals surface area contributed by atoms with Crippen molar-refractivity contribution in [2.75, 3.05) is 114 Å². The Morgan fingerprint density at radius 1 is 0.518 bits per heavy atom. The third-order valence-corrected chi connectivity index (χ3v) is 22.0. The van der Waals surface area contributed by atoms with E-state index in [1.807, 2.05) is 109 Å². The van der Waals surface area contributed by atoms with Crippen LogP contribution < -0.4 is 62.7 Å². The fourth-order valence-electron chi connectivity index (χ4n) is 13.3. The molecule has 12 aromatic rings. The molecule has 0 unspecified atom stereocenters. The summed E-state index contributed by atoms with van der Waals surface area (Å²) in [4.78, 5) is 59.0. The van der Waals surface area contributed by atoms with Gasteiger partial charge in [-0.15, -0.1) is 47.3 Å². The summed E-state index contributed by atoms with van der Waals surface area (Å²) in [6.07, 6.45) is 2.65. The van der Waals surface area contributed by atoms with Crippen LogP contribution in [0.3, 0.4) is 0 Å². The maximum atomic E-state index is 13.2. The van der Waals surface area contributed by atoms with Gasteiger partial charge >= 0.3 is 87.6 Å². The Hall–Kier alpha value is -4.79. The van der Waals surface area contributed by atoms with Crippen LogP contribution in [0.15, 0.2) is 161 Å². The number of hydrogen-bond acceptors (Lipinski definition) is 27. The molecule has 0 spiro atoms. The molecule has 3 radical (unpaired) electrons. The van der Waals surface area contributed by atoms with E-state index in [1.54, 1.807) is 59.8 Å². The van der Waals surface area contributed by atoms with Crippen molar-refractivity contribution >= 4 is 304 Å². The molecule has 6 aromatic heterocycles. The number of nitrogens with one attached hydrogen (secondary N) is 4. The number of pyridine rings is 4. The molecular formula is C90H124B5Br7Cl4FMgN10O18Pd. The van der Waals surface area contributed by atoms with Crippen molar-refractivity contribution in [3.8, 4) is 34.1 Å². The average Bonchev–Trinajstić information content (AvgIpc) is 0.748. The zero-order valence-electron chi connectivity index (χ0n) is 80.4. The van der Waals surface area contributed by atoms with Crippen LogP contribution in [0.4, 0.5) is 16.1 Å². The van der Waals surface area contributed by atoms with Gasteiger partial charge in [0.15, 0.2) is 0 Å². The van der Waals surface area contributed by atoms with Gasteiger partial charge in [0, 0.05) is 227 Å². The summed E-state index contributed by atoms with van der Waals surface area (Å²) in [6.45, 7) is 22.0. The molecule has 137 heavy (non-hydrogen) atoms. The summed E-state index contributed by atoms with van der Waals surface area (Å²) in [5.74, 6) is 0.573. The van der Waals surface area contributed by atoms with Crippen molar-refractivity contribution in [3.05, 3.63) is 197 Å². The number of carboxylic acid groups (broad SMARTS) is 1. The Morgan fingerprint density at radius 3 is 1.23 bits per heavy atom. The Balaban J connectivity index is -0.000000384. The molecule has 6 aromatic carbocycles. The summed E-state index contributed by atoms with van der Waals surface area (Å²) in [5, 5.41) is 65.6. The first-order valence-electron chi connectivity index (χ1n) is 40.8. The Kier molecular flexibility index (Phi) is 70.5. The molecule has 9 N–H and O–H groups in total. The SMILES string of the molecule is BrB(Br)Br.BrBr.C.C.CCN(CC)c1ccc2c(C)c(-c3ccc(O)c4nc(C[C@H](NC)C(=O)O)ccc34)c(=O)oc2c1.CCN(CC)c1ccc2c(C)c(Br)c(=O)oc2c1.CN[C@H](C)Cc1ccc2c(B(O)O)ccc(O)c2n1.CN[C@H](C)Cc1ccc2c(B(OC)OC)ccc(OC)c2n1.CN[C@H](C)Cc1ccc2c(Br)ccc(OC)c2n1.COB(OC)OC.ClC(Cl)(Cl)Cl.F.[2HH].[B].[H-].[H-].[Mg+2].[O]=[Pd]. The molecule has 0 aliphatic carbocycles. The third-order valence-electron chi connectivity index (χ3n) is 20.4. The Labute approximate surface area is 914 Å². The number of aromatic hydroxyl groups is 2. The standard InChI is InChI=1S/C27H29N3O5.C16H23BN2O3.C14H17BrN2O.C14H16BrNO2.C13H17BN2O3.C3H9BO3.CCl4.2CH4.BBr3.B.Br2.FH.Mg.O.Pd.H2.2H/c1-5-30(6-2)17-8-10-18-15(3)24(27(34)35-23(18)14-17)19-11-12-22(31)25-20(19)9-7-16(29-25)13-21(28-4)26(32)33;1-11(18-2)10-12-6-7-13-14(17(21-4)22-5)8-9-15(20-3)16(13)19-12;1-9(16-2)8-10-4-5-11-12(15)6-7-13(18-3)14(11)17-10;1-4-16(5-2)10-6-7-11-9(3)13(15)14(17)18-12(11)8-10;1-8(15-2)7-9-3-4-10-11(14(18)19)5-6-12(17)13(10)16-9;1-5-4(6-2)7-3;2-1(3,4)5;;;2-1(3)4;;1-2;;;;;;;/h7-12,14,21,28,31H,5-6,13H2,1-4H3,(H,32,33);6-9,11,18H,10H2,1-5H3;4-7,9,16H,8H2,1-3H3;6-8H,4-5H2,1-3H3;3-6,8,15,17-19H,7H2,1-2H3;1-3H3;;2*1H4;;;;1H;;;;1H;;/q;;;;;;;;;;;;;+2;;;;2*-1/t21-;11-;9-;;8-;;;;;;;;;;;;;;/m011.1............../s1/i;;;;;;;;;;;;;;;;1+1;;. The van der Waals surface area contributed by atoms with Crippen molar-refractivity contribution < 1.29 is 103 Å². The third kappa shape index (κ3) is 42.4. The Morgan fingerprint density at radius 2 is 0.861 bits per heavy atom. The molecule has 6 heterocycles. The summed E-state index contributed by atoms with van der Waals surface area (Å²) >= 11 is 42.4. The van der Waals surface area contributed by atoms with Gasteiger partial charge in [0.05, 0.1) is 19.8 Å². The number of phenolic OH excluding ortho intramolecular Hbond substituents is 2. The first kappa shape index (κ1) is 136. The topological polar surface area (TPSA) is 366 Å². The molecule has 0 saturated carbocycles. The van der Waals surface area contributed by atoms with Crippen LogP contribution >= 0.6 is 154 Å². The number of alkyl halides is 4. The van der Waals surface area contributed by atoms with E-state index in [9.17, 15) is 39.8 Å². The molecule has 0 amide bonds. The van der Waals surface area contributed by atoms with Gasteiger partial charge in [-0.05, 0) is 225 Å². The van der Waals surface area contributed by atoms with E-state index in [1.165, 1.54) is 58.7 Å². The van der Waals surface area contributed by atoms with E-state index in [0.29, 0.717) is 71.8 Å². The number of benzene rings is 6. The number of aryl methyl sites for hydroxylation is 2. The first-order chi connectivity index (χ1) is 62.8. The zero-order valence-corrected chi connectivity index (χ0v) is 95.5. The van der Waals surface area contributed by atoms with Gasteiger partial charge in [-0.1, -0.05) is 108 Å². The van der Waals surface area contributed by atoms with E-state index >= 15 is 0 Å². The number of phenols is 2. The second-order valence-corrected chi connectivity index (χ2v) is 40.1. The van der Waals surface area contributed by atoms with Crippen molar-refractivity contribution in [2.24, 2.45) is 0 Å². The normalized spacial score (nSPS) is 11.1. The van der Waals surface area contributed by atoms with Crippen LogP contribution in [0.25, 0.3) is 76.7 Å². The number of methoxy groups -OCH3 is 2. The van der Waals surface area contributed by atoms with Crippen LogP contribution in [0.5, 0.6) is 23.0 Å². The monoisotopic (exact) mass is 2530 g/mol.